The van der Waals surface area contributed by atoms with Crippen LogP contribution in [0.4, 0.5) is 0 Å². The van der Waals surface area contributed by atoms with Gasteiger partial charge in [0, 0.05) is 69.6 Å². The van der Waals surface area contributed by atoms with Crippen molar-refractivity contribution in [1.82, 2.24) is 0 Å². The molecule has 0 unspecified atom stereocenters. The van der Waals surface area contributed by atoms with Crippen molar-refractivity contribution in [2.45, 2.75) is 55.4 Å². The number of nitrogens with zero attached hydrogens (tertiary/aromatic N) is 8. The van der Waals surface area contributed by atoms with Gasteiger partial charge in [-0.2, -0.15) is 42.1 Å². The Labute approximate surface area is 171 Å². The zero-order valence-corrected chi connectivity index (χ0v) is 18.5. The van der Waals surface area contributed by atoms with Crippen LogP contribution in [-0.4, -0.2) is 24.4 Å². The molecule has 10 nitrogen and oxygen atoms in total. The summed E-state index contributed by atoms with van der Waals surface area (Å²) in [6, 6.07) is 14.0. The van der Waals surface area contributed by atoms with Crippen LogP contribution >= 0.6 is 0 Å². The Bertz CT molecular complexity index is 350. The average Bonchev–Trinajstić information content (AvgIpc) is 2.63. The highest BCUT2D eigenvalue weighted by molar-refractivity contribution is 4.52. The lowest BCUT2D eigenvalue weighted by Gasteiger charge is -1.21. The van der Waals surface area contributed by atoms with Crippen LogP contribution < -0.4 is 0 Å². The van der Waals surface area contributed by atoms with E-state index in [1.165, 1.54) is 55.4 Å². The molecule has 0 atom stereocenters. The average molecular weight is 393 g/mol. The molecule has 0 saturated carbocycles. The zero-order chi connectivity index (χ0) is 25.7. The SMILES string of the molecule is CC#N.CC#N.CC#N.CC#N.CC#N.CC#N.CC#N.CC#N.CO.CO. The number of hydrogen-bond donors (Lipinski definition) is 2. The fourth-order valence-electron chi connectivity index (χ4n) is 0. The molecule has 156 valence electrons. The maximum atomic E-state index is 7.32. The van der Waals surface area contributed by atoms with Gasteiger partial charge < -0.3 is 10.2 Å². The van der Waals surface area contributed by atoms with Crippen molar-refractivity contribution >= 4 is 0 Å². The predicted octanol–water partition coefficient (Wildman–Crippen LogP) is 3.46. The molecule has 0 aromatic rings. The molecule has 28 heavy (non-hydrogen) atoms. The van der Waals surface area contributed by atoms with Crippen LogP contribution in [0.25, 0.3) is 0 Å². The van der Waals surface area contributed by atoms with Crippen molar-refractivity contribution in [2.24, 2.45) is 0 Å². The maximum Gasteiger partial charge on any atom is 0.0587 e. The van der Waals surface area contributed by atoms with E-state index >= 15 is 0 Å². The zero-order valence-electron chi connectivity index (χ0n) is 18.5. The fourth-order valence-corrected chi connectivity index (χ4v) is 0. The Morgan fingerprint density at radius 1 is 0.286 bits per heavy atom. The number of aliphatic hydroxyl groups is 2. The van der Waals surface area contributed by atoms with Gasteiger partial charge in [-0.1, -0.05) is 0 Å². The summed E-state index contributed by atoms with van der Waals surface area (Å²) < 4.78 is 0. The molecule has 0 radical (unpaired) electrons. The third kappa shape index (κ3) is 548. The molecule has 0 fully saturated rings. The van der Waals surface area contributed by atoms with E-state index in [9.17, 15) is 0 Å². The second-order valence-corrected chi connectivity index (χ2v) is 1.79. The van der Waals surface area contributed by atoms with Crippen LogP contribution in [0.1, 0.15) is 55.4 Å². The van der Waals surface area contributed by atoms with Gasteiger partial charge in [0.1, 0.15) is 0 Å². The van der Waals surface area contributed by atoms with Crippen molar-refractivity contribution in [3.8, 4) is 48.6 Å². The first-order chi connectivity index (χ1) is 13.3. The Morgan fingerprint density at radius 2 is 0.286 bits per heavy atom. The fraction of sp³-hybridized carbons (Fsp3) is 0.556. The molecular weight excluding hydrogens is 360 g/mol. The molecule has 2 N–H and O–H groups in total. The van der Waals surface area contributed by atoms with E-state index in [1.807, 2.05) is 0 Å². The molecule has 0 heterocycles. The van der Waals surface area contributed by atoms with Gasteiger partial charge in [-0.25, -0.2) is 0 Å². The number of nitriles is 8. The van der Waals surface area contributed by atoms with E-state index in [2.05, 4.69) is 0 Å². The molecule has 0 spiro atoms. The first-order valence-electron chi connectivity index (χ1n) is 6.68. The summed E-state index contributed by atoms with van der Waals surface area (Å²) in [6.07, 6.45) is 0. The first-order valence-corrected chi connectivity index (χ1v) is 6.68. The summed E-state index contributed by atoms with van der Waals surface area (Å²) in [6.45, 7) is 11.4. The van der Waals surface area contributed by atoms with Crippen LogP contribution in [0.2, 0.25) is 0 Å². The van der Waals surface area contributed by atoms with Crippen LogP contribution in [0, 0.1) is 90.6 Å². The van der Waals surface area contributed by atoms with E-state index in [0.717, 1.165) is 14.2 Å². The molecule has 10 heteroatoms. The monoisotopic (exact) mass is 392 g/mol. The van der Waals surface area contributed by atoms with Gasteiger partial charge in [0.25, 0.3) is 0 Å². The smallest absolute Gasteiger partial charge is 0.0587 e. The largest absolute Gasteiger partial charge is 0.400 e. The molecule has 0 amide bonds. The lowest BCUT2D eigenvalue weighted by Crippen LogP contribution is -1.25. The second-order valence-electron chi connectivity index (χ2n) is 1.79. The third-order valence-electron chi connectivity index (χ3n) is 0. The van der Waals surface area contributed by atoms with Gasteiger partial charge in [0.2, 0.25) is 0 Å². The minimum atomic E-state index is 1.00. The lowest BCUT2D eigenvalue weighted by molar-refractivity contribution is 0.399. The van der Waals surface area contributed by atoms with E-state index in [-0.39, 0.29) is 0 Å². The van der Waals surface area contributed by atoms with Crippen molar-refractivity contribution < 1.29 is 10.2 Å². The van der Waals surface area contributed by atoms with Crippen LogP contribution in [0.5, 0.6) is 0 Å². The third-order valence-corrected chi connectivity index (χ3v) is 0. The molecule has 0 aliphatic heterocycles. The highest BCUT2D eigenvalue weighted by Crippen LogP contribution is 1.23. The van der Waals surface area contributed by atoms with Gasteiger partial charge in [0.15, 0.2) is 0 Å². The van der Waals surface area contributed by atoms with Gasteiger partial charge in [0.05, 0.1) is 48.6 Å². The molecule has 0 bridgehead atoms. The lowest BCUT2D eigenvalue weighted by atomic mass is 11.0. The minimum absolute atomic E-state index is 1.00. The summed E-state index contributed by atoms with van der Waals surface area (Å²) in [5, 5.41) is 72.6. The summed E-state index contributed by atoms with van der Waals surface area (Å²) in [4.78, 5) is 0. The van der Waals surface area contributed by atoms with E-state index in [4.69, 9.17) is 52.3 Å². The molecule has 0 aromatic carbocycles. The summed E-state index contributed by atoms with van der Waals surface area (Å²) in [7, 11) is 2.00. The van der Waals surface area contributed by atoms with E-state index < -0.39 is 0 Å². The van der Waals surface area contributed by atoms with Crippen LogP contribution in [0.15, 0.2) is 0 Å². The van der Waals surface area contributed by atoms with Crippen molar-refractivity contribution in [1.29, 1.82) is 42.1 Å². The standard InChI is InChI=1S/8C2H3N.2CH4O/c8*1-2-3;2*1-2/h8*1H3;2*2H,1H3. The summed E-state index contributed by atoms with van der Waals surface area (Å²) in [5.74, 6) is 0. The Balaban J connectivity index is -0.0000000161. The molecular formula is C18H32N8O2. The number of aliphatic hydroxyl groups excluding tert-OH is 2. The minimum Gasteiger partial charge on any atom is -0.400 e. The van der Waals surface area contributed by atoms with Gasteiger partial charge in [-0.3, -0.25) is 0 Å². The maximum absolute atomic E-state index is 7.32. The molecule has 0 aliphatic carbocycles. The Kier molecular flexibility index (Phi) is 1710. The highest BCUT2D eigenvalue weighted by Gasteiger charge is 1.19. The van der Waals surface area contributed by atoms with Crippen LogP contribution in [0.3, 0.4) is 0 Å². The van der Waals surface area contributed by atoms with E-state index in [0.29, 0.717) is 0 Å². The quantitative estimate of drug-likeness (QED) is 0.608. The normalized spacial score (nSPS) is 2.71. The van der Waals surface area contributed by atoms with Crippen LogP contribution in [-0.2, 0) is 0 Å². The Morgan fingerprint density at radius 3 is 0.286 bits per heavy atom. The molecule has 0 aromatic heterocycles. The predicted molar refractivity (Wildman–Crippen MR) is 107 cm³/mol. The topological polar surface area (TPSA) is 231 Å². The van der Waals surface area contributed by atoms with Crippen molar-refractivity contribution in [3.05, 3.63) is 0 Å². The van der Waals surface area contributed by atoms with Crippen molar-refractivity contribution in [3.63, 3.8) is 0 Å². The Hall–Kier alpha value is -4.16. The molecule has 0 aliphatic rings. The van der Waals surface area contributed by atoms with Gasteiger partial charge >= 0.3 is 0 Å². The van der Waals surface area contributed by atoms with Gasteiger partial charge in [-0.15, -0.1) is 0 Å². The summed E-state index contributed by atoms with van der Waals surface area (Å²) >= 11 is 0. The van der Waals surface area contributed by atoms with E-state index in [1.54, 1.807) is 48.6 Å². The number of hydrogen-bond acceptors (Lipinski definition) is 10. The van der Waals surface area contributed by atoms with Crippen molar-refractivity contribution in [2.75, 3.05) is 14.2 Å². The molecule has 0 saturated heterocycles. The summed E-state index contributed by atoms with van der Waals surface area (Å²) in [5.41, 5.74) is 0. The first kappa shape index (κ1) is 64.9. The number of rotatable bonds is 0. The highest BCUT2D eigenvalue weighted by atomic mass is 16.2. The second kappa shape index (κ2) is 739. The molecule has 0 rings (SSSR count). The van der Waals surface area contributed by atoms with Gasteiger partial charge in [-0.05, 0) is 0 Å².